The van der Waals surface area contributed by atoms with Crippen molar-refractivity contribution in [2.24, 2.45) is 0 Å². The number of ether oxygens (including phenoxy) is 1. The molecule has 0 unspecified atom stereocenters. The van der Waals surface area contributed by atoms with Crippen molar-refractivity contribution in [3.05, 3.63) is 42.7 Å². The highest BCUT2D eigenvalue weighted by Crippen LogP contribution is 2.32. The Labute approximate surface area is 91.0 Å². The minimum Gasteiger partial charge on any atom is -0.465 e. The topological polar surface area (TPSA) is 21.3 Å². The molecule has 1 heterocycles. The van der Waals surface area contributed by atoms with Gasteiger partial charge in [0.15, 0.2) is 0 Å². The van der Waals surface area contributed by atoms with Gasteiger partial charge in [-0.25, -0.2) is 0 Å². The smallest absolute Gasteiger partial charge is 0.129 e. The second kappa shape index (κ2) is 4.99. The Bertz CT molecular complexity index is 329. The summed E-state index contributed by atoms with van der Waals surface area (Å²) in [7, 11) is 0. The van der Waals surface area contributed by atoms with E-state index in [0.29, 0.717) is 5.92 Å². The first-order valence-electron chi connectivity index (χ1n) is 5.49. The molecule has 80 valence electrons. The SMILES string of the molecule is C=COc1ccccc1C1CCNCC1. The minimum absolute atomic E-state index is 0.627. The minimum atomic E-state index is 0.627. The molecule has 1 fully saturated rings. The van der Waals surface area contributed by atoms with Gasteiger partial charge in [0.2, 0.25) is 0 Å². The van der Waals surface area contributed by atoms with E-state index in [4.69, 9.17) is 4.74 Å². The van der Waals surface area contributed by atoms with E-state index in [1.165, 1.54) is 24.7 Å². The molecule has 1 aromatic rings. The van der Waals surface area contributed by atoms with Gasteiger partial charge in [-0.1, -0.05) is 24.8 Å². The molecule has 2 nitrogen and oxygen atoms in total. The van der Waals surface area contributed by atoms with E-state index >= 15 is 0 Å². The summed E-state index contributed by atoms with van der Waals surface area (Å²) in [6.45, 7) is 5.82. The monoisotopic (exact) mass is 203 g/mol. The summed E-state index contributed by atoms with van der Waals surface area (Å²) in [5.41, 5.74) is 1.32. The summed E-state index contributed by atoms with van der Waals surface area (Å²) in [6, 6.07) is 8.25. The van der Waals surface area contributed by atoms with Crippen molar-refractivity contribution < 1.29 is 4.74 Å². The lowest BCUT2D eigenvalue weighted by atomic mass is 9.90. The summed E-state index contributed by atoms with van der Waals surface area (Å²) < 4.78 is 5.43. The molecule has 1 aliphatic rings. The number of hydrogen-bond acceptors (Lipinski definition) is 2. The van der Waals surface area contributed by atoms with Gasteiger partial charge in [-0.15, -0.1) is 0 Å². The number of nitrogens with one attached hydrogen (secondary N) is 1. The first kappa shape index (κ1) is 10.2. The molecule has 0 atom stereocenters. The molecular weight excluding hydrogens is 186 g/mol. The predicted octanol–water partition coefficient (Wildman–Crippen LogP) is 2.68. The van der Waals surface area contributed by atoms with Crippen LogP contribution in [0.1, 0.15) is 24.3 Å². The first-order chi connectivity index (χ1) is 7.42. The maximum absolute atomic E-state index is 5.43. The van der Waals surface area contributed by atoms with Crippen molar-refractivity contribution >= 4 is 0 Å². The van der Waals surface area contributed by atoms with Crippen LogP contribution in [0.25, 0.3) is 0 Å². The van der Waals surface area contributed by atoms with Crippen molar-refractivity contribution in [2.75, 3.05) is 13.1 Å². The zero-order valence-electron chi connectivity index (χ0n) is 8.91. The van der Waals surface area contributed by atoms with Crippen LogP contribution in [0.15, 0.2) is 37.1 Å². The molecule has 0 radical (unpaired) electrons. The summed E-state index contributed by atoms with van der Waals surface area (Å²) in [5.74, 6) is 1.59. The fourth-order valence-corrected chi connectivity index (χ4v) is 2.15. The van der Waals surface area contributed by atoms with E-state index in [1.807, 2.05) is 12.1 Å². The van der Waals surface area contributed by atoms with Crippen molar-refractivity contribution in [1.29, 1.82) is 0 Å². The zero-order chi connectivity index (χ0) is 10.5. The molecule has 0 aromatic heterocycles. The third kappa shape index (κ3) is 2.39. The standard InChI is InChI=1S/C13H17NO/c1-2-15-13-6-4-3-5-12(13)11-7-9-14-10-8-11/h2-6,11,14H,1,7-10H2. The largest absolute Gasteiger partial charge is 0.465 e. The Balaban J connectivity index is 2.20. The molecule has 1 aromatic carbocycles. The number of piperidine rings is 1. The van der Waals surface area contributed by atoms with Gasteiger partial charge in [-0.2, -0.15) is 0 Å². The highest BCUT2D eigenvalue weighted by atomic mass is 16.5. The molecular formula is C13H17NO. The van der Waals surface area contributed by atoms with E-state index in [1.54, 1.807) is 0 Å². The van der Waals surface area contributed by atoms with Gasteiger partial charge in [0, 0.05) is 0 Å². The van der Waals surface area contributed by atoms with Crippen LogP contribution in [-0.2, 0) is 0 Å². The van der Waals surface area contributed by atoms with Gasteiger partial charge in [-0.05, 0) is 43.5 Å². The second-order valence-electron chi connectivity index (χ2n) is 3.85. The van der Waals surface area contributed by atoms with Gasteiger partial charge in [0.1, 0.15) is 5.75 Å². The van der Waals surface area contributed by atoms with Crippen LogP contribution in [0.3, 0.4) is 0 Å². The lowest BCUT2D eigenvalue weighted by Gasteiger charge is -2.24. The zero-order valence-corrected chi connectivity index (χ0v) is 8.91. The van der Waals surface area contributed by atoms with Gasteiger partial charge in [0.25, 0.3) is 0 Å². The Morgan fingerprint density at radius 2 is 2.00 bits per heavy atom. The molecule has 0 aliphatic carbocycles. The Morgan fingerprint density at radius 1 is 1.27 bits per heavy atom. The van der Waals surface area contributed by atoms with Crippen LogP contribution in [0.5, 0.6) is 5.75 Å². The Kier molecular flexibility index (Phi) is 3.41. The average Bonchev–Trinajstić information content (AvgIpc) is 2.31. The fourth-order valence-electron chi connectivity index (χ4n) is 2.15. The van der Waals surface area contributed by atoms with Gasteiger partial charge in [-0.3, -0.25) is 0 Å². The maximum atomic E-state index is 5.43. The number of benzene rings is 1. The molecule has 2 heteroatoms. The summed E-state index contributed by atoms with van der Waals surface area (Å²) in [4.78, 5) is 0. The number of rotatable bonds is 3. The van der Waals surface area contributed by atoms with Crippen molar-refractivity contribution in [3.63, 3.8) is 0 Å². The second-order valence-corrected chi connectivity index (χ2v) is 3.85. The molecule has 0 spiro atoms. The normalized spacial score (nSPS) is 17.3. The van der Waals surface area contributed by atoms with E-state index in [9.17, 15) is 0 Å². The predicted molar refractivity (Wildman–Crippen MR) is 62.1 cm³/mol. The van der Waals surface area contributed by atoms with Gasteiger partial charge >= 0.3 is 0 Å². The Morgan fingerprint density at radius 3 is 2.73 bits per heavy atom. The lowest BCUT2D eigenvalue weighted by molar-refractivity contribution is 0.430. The van der Waals surface area contributed by atoms with E-state index in [-0.39, 0.29) is 0 Å². The third-order valence-electron chi connectivity index (χ3n) is 2.91. The maximum Gasteiger partial charge on any atom is 0.129 e. The molecule has 15 heavy (non-hydrogen) atoms. The number of para-hydroxylation sites is 1. The third-order valence-corrected chi connectivity index (χ3v) is 2.91. The molecule has 2 rings (SSSR count). The Hall–Kier alpha value is -1.28. The van der Waals surface area contributed by atoms with Crippen LogP contribution in [0.4, 0.5) is 0 Å². The van der Waals surface area contributed by atoms with Gasteiger partial charge < -0.3 is 10.1 Å². The van der Waals surface area contributed by atoms with Crippen LogP contribution in [-0.4, -0.2) is 13.1 Å². The molecule has 0 bridgehead atoms. The van der Waals surface area contributed by atoms with Crippen LogP contribution in [0.2, 0.25) is 0 Å². The molecule has 0 amide bonds. The summed E-state index contributed by atoms with van der Waals surface area (Å²) in [6.07, 6.45) is 3.88. The van der Waals surface area contributed by atoms with Gasteiger partial charge in [0.05, 0.1) is 6.26 Å². The van der Waals surface area contributed by atoms with Crippen molar-refractivity contribution in [1.82, 2.24) is 5.32 Å². The highest BCUT2D eigenvalue weighted by Gasteiger charge is 2.18. The quantitative estimate of drug-likeness (QED) is 0.763. The van der Waals surface area contributed by atoms with E-state index in [0.717, 1.165) is 18.8 Å². The fraction of sp³-hybridized carbons (Fsp3) is 0.385. The van der Waals surface area contributed by atoms with Crippen LogP contribution >= 0.6 is 0 Å². The molecule has 0 saturated carbocycles. The van der Waals surface area contributed by atoms with Crippen LogP contribution < -0.4 is 10.1 Å². The highest BCUT2D eigenvalue weighted by molar-refractivity contribution is 5.37. The first-order valence-corrected chi connectivity index (χ1v) is 5.49. The van der Waals surface area contributed by atoms with E-state index in [2.05, 4.69) is 24.0 Å². The van der Waals surface area contributed by atoms with Crippen molar-refractivity contribution in [3.8, 4) is 5.75 Å². The molecule has 1 N–H and O–H groups in total. The van der Waals surface area contributed by atoms with E-state index < -0.39 is 0 Å². The number of hydrogen-bond donors (Lipinski definition) is 1. The lowest BCUT2D eigenvalue weighted by Crippen LogP contribution is -2.26. The van der Waals surface area contributed by atoms with Crippen LogP contribution in [0, 0.1) is 0 Å². The summed E-state index contributed by atoms with van der Waals surface area (Å²) in [5, 5.41) is 3.37. The van der Waals surface area contributed by atoms with Crippen molar-refractivity contribution in [2.45, 2.75) is 18.8 Å². The molecule has 1 aliphatic heterocycles. The summed E-state index contributed by atoms with van der Waals surface area (Å²) >= 11 is 0. The average molecular weight is 203 g/mol. The molecule has 1 saturated heterocycles.